The molecule has 130 valence electrons. The number of hydrogen-bond donors (Lipinski definition) is 2. The van der Waals surface area contributed by atoms with Gasteiger partial charge in [-0.1, -0.05) is 0 Å². The van der Waals surface area contributed by atoms with Crippen molar-refractivity contribution in [1.82, 2.24) is 14.8 Å². The molecule has 0 saturated carbocycles. The van der Waals surface area contributed by atoms with Crippen molar-refractivity contribution < 1.29 is 22.4 Å². The minimum atomic E-state index is -4.71. The molecule has 0 radical (unpaired) electrons. The molecule has 2 rings (SSSR count). The van der Waals surface area contributed by atoms with Gasteiger partial charge in [0.15, 0.2) is 12.0 Å². The number of halogens is 4. The van der Waals surface area contributed by atoms with Crippen LogP contribution in [-0.2, 0) is 11.3 Å². The number of nitrogens with zero attached hydrogens (tertiary/aromatic N) is 3. The van der Waals surface area contributed by atoms with Gasteiger partial charge in [-0.2, -0.15) is 18.4 Å². The van der Waals surface area contributed by atoms with Crippen LogP contribution in [0.25, 0.3) is 0 Å². The van der Waals surface area contributed by atoms with E-state index < -0.39 is 42.2 Å². The summed E-state index contributed by atoms with van der Waals surface area (Å²) in [5.41, 5.74) is -1.72. The highest BCUT2D eigenvalue weighted by molar-refractivity contribution is 5.95. The SMILES string of the molecule is CN1C(C#N)NCC1C(=O)Nc1cc(F)c(=O)n(CC(F)(F)F)c1. The van der Waals surface area contributed by atoms with Crippen LogP contribution in [-0.4, -0.2) is 47.4 Å². The van der Waals surface area contributed by atoms with E-state index in [4.69, 9.17) is 5.26 Å². The third-order valence-corrected chi connectivity index (χ3v) is 3.49. The van der Waals surface area contributed by atoms with E-state index >= 15 is 0 Å². The van der Waals surface area contributed by atoms with E-state index in [1.54, 1.807) is 0 Å². The second kappa shape index (κ2) is 6.58. The van der Waals surface area contributed by atoms with E-state index in [1.165, 1.54) is 11.9 Å². The minimum Gasteiger partial charge on any atom is -0.323 e. The molecule has 24 heavy (non-hydrogen) atoms. The van der Waals surface area contributed by atoms with E-state index in [2.05, 4.69) is 10.6 Å². The van der Waals surface area contributed by atoms with Gasteiger partial charge in [-0.25, -0.2) is 4.39 Å². The number of rotatable bonds is 3. The van der Waals surface area contributed by atoms with E-state index in [1.807, 2.05) is 6.07 Å². The number of likely N-dealkylation sites (N-methyl/N-ethyl adjacent to an activating group) is 1. The fourth-order valence-electron chi connectivity index (χ4n) is 2.31. The number of nitriles is 1. The number of carbonyl (C=O) groups excluding carboxylic acids is 1. The van der Waals surface area contributed by atoms with Gasteiger partial charge in [0, 0.05) is 18.8 Å². The first-order chi connectivity index (χ1) is 11.1. The van der Waals surface area contributed by atoms with Crippen molar-refractivity contribution in [3.63, 3.8) is 0 Å². The molecule has 0 bridgehead atoms. The monoisotopic (exact) mass is 347 g/mol. The molecule has 0 aromatic carbocycles. The van der Waals surface area contributed by atoms with E-state index in [9.17, 15) is 27.2 Å². The van der Waals surface area contributed by atoms with Crippen LogP contribution in [0, 0.1) is 17.1 Å². The molecule has 7 nitrogen and oxygen atoms in total. The van der Waals surface area contributed by atoms with Crippen LogP contribution in [0.1, 0.15) is 0 Å². The number of alkyl halides is 3. The zero-order valence-corrected chi connectivity index (χ0v) is 12.4. The third kappa shape index (κ3) is 3.90. The molecule has 1 aliphatic rings. The number of carbonyl (C=O) groups is 1. The predicted octanol–water partition coefficient (Wildman–Crippen LogP) is 0.241. The Morgan fingerprint density at radius 3 is 2.75 bits per heavy atom. The van der Waals surface area contributed by atoms with Crippen LogP contribution in [0.2, 0.25) is 0 Å². The second-order valence-corrected chi connectivity index (χ2v) is 5.24. The van der Waals surface area contributed by atoms with Gasteiger partial charge in [-0.05, 0) is 7.05 Å². The Morgan fingerprint density at radius 1 is 1.54 bits per heavy atom. The van der Waals surface area contributed by atoms with Gasteiger partial charge in [0.1, 0.15) is 12.6 Å². The maximum Gasteiger partial charge on any atom is 0.406 e. The summed E-state index contributed by atoms with van der Waals surface area (Å²) in [6.45, 7) is -1.53. The van der Waals surface area contributed by atoms with Crippen molar-refractivity contribution in [2.75, 3.05) is 18.9 Å². The van der Waals surface area contributed by atoms with Crippen molar-refractivity contribution in [2.24, 2.45) is 0 Å². The van der Waals surface area contributed by atoms with Crippen molar-refractivity contribution >= 4 is 11.6 Å². The Kier molecular flexibility index (Phi) is 4.91. The summed E-state index contributed by atoms with van der Waals surface area (Å²) in [6, 6.07) is 1.81. The Hall–Kier alpha value is -2.45. The second-order valence-electron chi connectivity index (χ2n) is 5.24. The first-order valence-electron chi connectivity index (χ1n) is 6.75. The maximum absolute atomic E-state index is 13.5. The highest BCUT2D eigenvalue weighted by Crippen LogP contribution is 2.18. The van der Waals surface area contributed by atoms with Crippen molar-refractivity contribution in [2.45, 2.75) is 24.9 Å². The van der Waals surface area contributed by atoms with Crippen LogP contribution < -0.4 is 16.2 Å². The summed E-state index contributed by atoms with van der Waals surface area (Å²) >= 11 is 0. The Balaban J connectivity index is 2.20. The van der Waals surface area contributed by atoms with Gasteiger partial charge in [-0.15, -0.1) is 0 Å². The van der Waals surface area contributed by atoms with Crippen LogP contribution in [0.15, 0.2) is 17.1 Å². The molecule has 11 heteroatoms. The lowest BCUT2D eigenvalue weighted by Crippen LogP contribution is -2.42. The quantitative estimate of drug-likeness (QED) is 0.765. The fourth-order valence-corrected chi connectivity index (χ4v) is 2.31. The lowest BCUT2D eigenvalue weighted by atomic mass is 10.2. The van der Waals surface area contributed by atoms with Gasteiger partial charge < -0.3 is 9.88 Å². The number of aromatic nitrogens is 1. The molecule has 2 heterocycles. The van der Waals surface area contributed by atoms with Crippen molar-refractivity contribution in [3.05, 3.63) is 28.4 Å². The molecule has 1 aromatic rings. The summed E-state index contributed by atoms with van der Waals surface area (Å²) in [4.78, 5) is 25.0. The predicted molar refractivity (Wildman–Crippen MR) is 74.3 cm³/mol. The first kappa shape index (κ1) is 17.9. The fraction of sp³-hybridized carbons (Fsp3) is 0.462. The largest absolute Gasteiger partial charge is 0.406 e. The molecule has 1 aromatic heterocycles. The molecule has 2 atom stereocenters. The number of anilines is 1. The lowest BCUT2D eigenvalue weighted by molar-refractivity contribution is -0.141. The molecule has 1 saturated heterocycles. The van der Waals surface area contributed by atoms with Gasteiger partial charge in [0.05, 0.1) is 11.8 Å². The maximum atomic E-state index is 13.5. The molecule has 1 fully saturated rings. The summed E-state index contributed by atoms with van der Waals surface area (Å²) in [7, 11) is 1.52. The summed E-state index contributed by atoms with van der Waals surface area (Å²) in [6.07, 6.45) is -4.67. The van der Waals surface area contributed by atoms with Crippen LogP contribution >= 0.6 is 0 Å². The lowest BCUT2D eigenvalue weighted by Gasteiger charge is -2.20. The zero-order valence-electron chi connectivity index (χ0n) is 12.4. The van der Waals surface area contributed by atoms with E-state index in [-0.39, 0.29) is 16.8 Å². The highest BCUT2D eigenvalue weighted by Gasteiger charge is 2.35. The summed E-state index contributed by atoms with van der Waals surface area (Å²) in [5.74, 6) is -2.05. The van der Waals surface area contributed by atoms with Crippen LogP contribution in [0.5, 0.6) is 0 Å². The number of amides is 1. The average molecular weight is 347 g/mol. The Labute approximate surface area is 133 Å². The van der Waals surface area contributed by atoms with Crippen molar-refractivity contribution in [1.29, 1.82) is 5.26 Å². The molecular weight excluding hydrogens is 334 g/mol. The molecule has 1 aliphatic heterocycles. The Morgan fingerprint density at radius 2 is 2.21 bits per heavy atom. The molecular formula is C13H13F4N5O2. The molecule has 1 amide bonds. The topological polar surface area (TPSA) is 90.2 Å². The van der Waals surface area contributed by atoms with Gasteiger partial charge >= 0.3 is 6.18 Å². The Bertz CT molecular complexity index is 739. The van der Waals surface area contributed by atoms with Crippen LogP contribution in [0.4, 0.5) is 23.2 Å². The smallest absolute Gasteiger partial charge is 0.323 e. The summed E-state index contributed by atoms with van der Waals surface area (Å²) in [5, 5.41) is 13.9. The molecule has 2 N–H and O–H groups in total. The minimum absolute atomic E-state index is 0.139. The molecule has 0 spiro atoms. The molecule has 0 aliphatic carbocycles. The first-order valence-corrected chi connectivity index (χ1v) is 6.75. The van der Waals surface area contributed by atoms with Gasteiger partial charge in [0.2, 0.25) is 5.91 Å². The molecule has 2 unspecified atom stereocenters. The highest BCUT2D eigenvalue weighted by atomic mass is 19.4. The number of pyridine rings is 1. The number of hydrogen-bond acceptors (Lipinski definition) is 5. The van der Waals surface area contributed by atoms with Crippen molar-refractivity contribution in [3.8, 4) is 6.07 Å². The van der Waals surface area contributed by atoms with Gasteiger partial charge in [0.25, 0.3) is 5.56 Å². The average Bonchev–Trinajstić information content (AvgIpc) is 2.83. The standard InChI is InChI=1S/C13H13F4N5O2/c1-21-9(4-19-10(21)3-18)11(23)20-7-2-8(14)12(24)22(5-7)6-13(15,16)17/h2,5,9-10,19H,4,6H2,1H3,(H,20,23). The summed E-state index contributed by atoms with van der Waals surface area (Å²) < 4.78 is 50.9. The number of nitrogens with one attached hydrogen (secondary N) is 2. The normalized spacial score (nSPS) is 21.5. The van der Waals surface area contributed by atoms with E-state index in [0.29, 0.717) is 6.07 Å². The van der Waals surface area contributed by atoms with Gasteiger partial charge in [-0.3, -0.25) is 19.8 Å². The van der Waals surface area contributed by atoms with E-state index in [0.717, 1.165) is 6.20 Å². The van der Waals surface area contributed by atoms with Crippen LogP contribution in [0.3, 0.4) is 0 Å². The third-order valence-electron chi connectivity index (χ3n) is 3.49. The zero-order chi connectivity index (χ0) is 18.1.